The van der Waals surface area contributed by atoms with E-state index in [0.29, 0.717) is 0 Å². The smallest absolute Gasteiger partial charge is 0.144 e. The Morgan fingerprint density at radius 3 is 2.56 bits per heavy atom. The highest BCUT2D eigenvalue weighted by atomic mass is 32.2. The van der Waals surface area contributed by atoms with Crippen LogP contribution in [0.5, 0.6) is 0 Å². The predicted octanol–water partition coefficient (Wildman–Crippen LogP) is 3.34. The maximum Gasteiger partial charge on any atom is 0.144 e. The summed E-state index contributed by atoms with van der Waals surface area (Å²) in [6.07, 6.45) is 3.48. The molecule has 0 spiro atoms. The van der Waals surface area contributed by atoms with E-state index in [9.17, 15) is 4.39 Å². The first-order chi connectivity index (χ1) is 8.78. The van der Waals surface area contributed by atoms with Gasteiger partial charge in [-0.25, -0.2) is 9.37 Å². The van der Waals surface area contributed by atoms with E-state index in [0.717, 1.165) is 28.7 Å². The van der Waals surface area contributed by atoms with Gasteiger partial charge in [-0.1, -0.05) is 0 Å². The van der Waals surface area contributed by atoms with Gasteiger partial charge in [0.1, 0.15) is 11.6 Å². The van der Waals surface area contributed by atoms with Gasteiger partial charge in [0.25, 0.3) is 0 Å². The first-order valence-corrected chi connectivity index (χ1v) is 6.69. The lowest BCUT2D eigenvalue weighted by molar-refractivity contribution is 0.626. The molecule has 1 N–H and O–H groups in total. The quantitative estimate of drug-likeness (QED) is 0.840. The van der Waals surface area contributed by atoms with Crippen molar-refractivity contribution >= 4 is 17.6 Å². The van der Waals surface area contributed by atoms with E-state index in [2.05, 4.69) is 15.3 Å². The summed E-state index contributed by atoms with van der Waals surface area (Å²) >= 11 is 1.61. The number of nitrogens with one attached hydrogen (secondary N) is 1. The Kier molecular flexibility index (Phi) is 4.52. The summed E-state index contributed by atoms with van der Waals surface area (Å²) in [5.74, 6) is 1.30. The zero-order valence-electron chi connectivity index (χ0n) is 10.1. The van der Waals surface area contributed by atoms with Gasteiger partial charge in [-0.2, -0.15) is 0 Å². The Hall–Kier alpha value is -1.62. The summed E-state index contributed by atoms with van der Waals surface area (Å²) in [5, 5.41) is 3.09. The van der Waals surface area contributed by atoms with Gasteiger partial charge in [-0.05, 0) is 31.2 Å². The molecule has 1 aromatic heterocycles. The van der Waals surface area contributed by atoms with E-state index in [4.69, 9.17) is 0 Å². The molecule has 0 saturated heterocycles. The number of halogens is 1. The molecule has 0 radical (unpaired) electrons. The molecule has 0 aliphatic rings. The Labute approximate surface area is 110 Å². The lowest BCUT2D eigenvalue weighted by Crippen LogP contribution is -2.00. The normalized spacial score (nSPS) is 10.3. The summed E-state index contributed by atoms with van der Waals surface area (Å²) < 4.78 is 12.7. The van der Waals surface area contributed by atoms with Crippen LogP contribution in [-0.2, 0) is 5.75 Å². The van der Waals surface area contributed by atoms with Gasteiger partial charge in [0.2, 0.25) is 0 Å². The van der Waals surface area contributed by atoms with Crippen LogP contribution < -0.4 is 5.32 Å². The maximum atomic E-state index is 12.7. The van der Waals surface area contributed by atoms with Crippen LogP contribution in [0.15, 0.2) is 41.6 Å². The molecule has 1 heterocycles. The van der Waals surface area contributed by atoms with Gasteiger partial charge in [0.05, 0.1) is 18.1 Å². The lowest BCUT2D eigenvalue weighted by atomic mass is 10.4. The lowest BCUT2D eigenvalue weighted by Gasteiger charge is -2.03. The fourth-order valence-corrected chi connectivity index (χ4v) is 2.18. The molecule has 1 aromatic carbocycles. The van der Waals surface area contributed by atoms with E-state index in [1.807, 2.05) is 6.92 Å². The van der Waals surface area contributed by atoms with Gasteiger partial charge in [-0.3, -0.25) is 4.98 Å². The highest BCUT2D eigenvalue weighted by molar-refractivity contribution is 7.98. The fourth-order valence-electron chi connectivity index (χ4n) is 1.39. The minimum absolute atomic E-state index is 0.214. The van der Waals surface area contributed by atoms with Crippen LogP contribution >= 0.6 is 11.8 Å². The molecule has 3 nitrogen and oxygen atoms in total. The molecule has 0 amide bonds. The molecule has 0 atom stereocenters. The molecule has 0 aliphatic heterocycles. The molecule has 18 heavy (non-hydrogen) atoms. The molecule has 0 unspecified atom stereocenters. The molecule has 94 valence electrons. The van der Waals surface area contributed by atoms with Crippen LogP contribution in [0.4, 0.5) is 10.2 Å². The largest absolute Gasteiger partial charge is 0.369 e. The minimum atomic E-state index is -0.214. The summed E-state index contributed by atoms with van der Waals surface area (Å²) in [5.41, 5.74) is 0.908. The topological polar surface area (TPSA) is 37.8 Å². The zero-order chi connectivity index (χ0) is 12.8. The molecule has 0 fully saturated rings. The highest BCUT2D eigenvalue weighted by Gasteiger charge is 1.99. The second kappa shape index (κ2) is 6.35. The molecular formula is C13H14FN3S. The van der Waals surface area contributed by atoms with Gasteiger partial charge < -0.3 is 5.32 Å². The van der Waals surface area contributed by atoms with Gasteiger partial charge >= 0.3 is 0 Å². The van der Waals surface area contributed by atoms with Crippen molar-refractivity contribution in [2.45, 2.75) is 17.6 Å². The number of nitrogens with zero attached hydrogens (tertiary/aromatic N) is 2. The van der Waals surface area contributed by atoms with E-state index in [1.54, 1.807) is 36.3 Å². The van der Waals surface area contributed by atoms with Crippen molar-refractivity contribution in [3.63, 3.8) is 0 Å². The molecule has 2 aromatic rings. The third-order valence-corrected chi connectivity index (χ3v) is 3.31. The van der Waals surface area contributed by atoms with Gasteiger partial charge in [-0.15, -0.1) is 11.8 Å². The monoisotopic (exact) mass is 263 g/mol. The molecule has 5 heteroatoms. The van der Waals surface area contributed by atoms with E-state index in [1.165, 1.54) is 12.1 Å². The van der Waals surface area contributed by atoms with Crippen molar-refractivity contribution in [3.8, 4) is 0 Å². The summed E-state index contributed by atoms with van der Waals surface area (Å²) in [7, 11) is 0. The van der Waals surface area contributed by atoms with Crippen molar-refractivity contribution in [3.05, 3.63) is 48.2 Å². The number of thioether (sulfide) groups is 1. The minimum Gasteiger partial charge on any atom is -0.369 e. The summed E-state index contributed by atoms with van der Waals surface area (Å²) in [4.78, 5) is 9.58. The van der Waals surface area contributed by atoms with Crippen LogP contribution in [0.2, 0.25) is 0 Å². The van der Waals surface area contributed by atoms with Crippen molar-refractivity contribution in [1.82, 2.24) is 9.97 Å². The SMILES string of the molecule is CCNc1cnc(CSc2ccc(F)cc2)cn1. The number of hydrogen-bond acceptors (Lipinski definition) is 4. The van der Waals surface area contributed by atoms with Gasteiger partial charge in [0.15, 0.2) is 0 Å². The fraction of sp³-hybridized carbons (Fsp3) is 0.231. The molecular weight excluding hydrogens is 249 g/mol. The average Bonchev–Trinajstić information content (AvgIpc) is 2.40. The number of hydrogen-bond donors (Lipinski definition) is 1. The zero-order valence-corrected chi connectivity index (χ0v) is 10.9. The Balaban J connectivity index is 1.91. The molecule has 0 saturated carbocycles. The highest BCUT2D eigenvalue weighted by Crippen LogP contribution is 2.21. The standard InChI is InChI=1S/C13H14FN3S/c1-2-15-13-8-16-11(7-17-13)9-18-12-5-3-10(14)4-6-12/h3-8H,2,9H2,1H3,(H,15,17). The van der Waals surface area contributed by atoms with Crippen LogP contribution in [0, 0.1) is 5.82 Å². The molecule has 0 bridgehead atoms. The first-order valence-electron chi connectivity index (χ1n) is 5.71. The number of aromatic nitrogens is 2. The van der Waals surface area contributed by atoms with Crippen LogP contribution in [0.1, 0.15) is 12.6 Å². The number of benzene rings is 1. The summed E-state index contributed by atoms with van der Waals surface area (Å²) in [6.45, 7) is 2.85. The molecule has 2 rings (SSSR count). The Bertz CT molecular complexity index is 485. The van der Waals surface area contributed by atoms with Crippen molar-refractivity contribution in [2.24, 2.45) is 0 Å². The van der Waals surface area contributed by atoms with Crippen LogP contribution in [-0.4, -0.2) is 16.5 Å². The predicted molar refractivity (Wildman–Crippen MR) is 72.2 cm³/mol. The van der Waals surface area contributed by atoms with E-state index < -0.39 is 0 Å². The first kappa shape index (κ1) is 12.8. The van der Waals surface area contributed by atoms with Gasteiger partial charge in [0, 0.05) is 17.2 Å². The number of anilines is 1. The molecule has 0 aliphatic carbocycles. The number of rotatable bonds is 5. The summed E-state index contributed by atoms with van der Waals surface area (Å²) in [6, 6.07) is 6.45. The van der Waals surface area contributed by atoms with E-state index in [-0.39, 0.29) is 5.82 Å². The van der Waals surface area contributed by atoms with Crippen molar-refractivity contribution < 1.29 is 4.39 Å². The second-order valence-electron chi connectivity index (χ2n) is 3.67. The van der Waals surface area contributed by atoms with Crippen LogP contribution in [0.25, 0.3) is 0 Å². The third-order valence-electron chi connectivity index (χ3n) is 2.26. The third kappa shape index (κ3) is 3.70. The average molecular weight is 263 g/mol. The van der Waals surface area contributed by atoms with Crippen molar-refractivity contribution in [1.29, 1.82) is 0 Å². The van der Waals surface area contributed by atoms with E-state index >= 15 is 0 Å². The second-order valence-corrected chi connectivity index (χ2v) is 4.71. The Morgan fingerprint density at radius 1 is 1.17 bits per heavy atom. The Morgan fingerprint density at radius 2 is 1.94 bits per heavy atom. The van der Waals surface area contributed by atoms with Crippen LogP contribution in [0.3, 0.4) is 0 Å². The maximum absolute atomic E-state index is 12.7. The van der Waals surface area contributed by atoms with Crippen molar-refractivity contribution in [2.75, 3.05) is 11.9 Å².